The number of hydrazine groups is 1. The number of nitrogens with one attached hydrogen (secondary N) is 2. The van der Waals surface area contributed by atoms with E-state index in [1.54, 1.807) is 30.3 Å². The number of amides is 4. The molecular formula is C24H30N6O5. The summed E-state index contributed by atoms with van der Waals surface area (Å²) < 4.78 is 0. The number of benzene rings is 1. The second kappa shape index (κ2) is 11.5. The monoisotopic (exact) mass is 482 g/mol. The van der Waals surface area contributed by atoms with E-state index < -0.39 is 41.6 Å². The SMILES string of the molecule is CC(C)CC(NC(=O)[C@@H]1CCCN2C(=O)CC[C@H](NC(=O)c3ccccc3)C(=O)N12)C(=O)C=[N+]=[N-]. The van der Waals surface area contributed by atoms with Gasteiger partial charge < -0.3 is 16.2 Å². The average Bonchev–Trinajstić information content (AvgIpc) is 2.96. The second-order valence-electron chi connectivity index (χ2n) is 9.13. The molecule has 2 aliphatic heterocycles. The fourth-order valence-electron chi connectivity index (χ4n) is 4.37. The topological polar surface area (TPSA) is 152 Å². The maximum absolute atomic E-state index is 13.5. The summed E-state index contributed by atoms with van der Waals surface area (Å²) in [5.74, 6) is -2.42. The molecule has 11 heteroatoms. The zero-order valence-corrected chi connectivity index (χ0v) is 19.8. The van der Waals surface area contributed by atoms with Crippen LogP contribution in [0.25, 0.3) is 5.53 Å². The fraction of sp³-hybridized carbons (Fsp3) is 0.500. The maximum Gasteiger partial charge on any atom is 0.325 e. The minimum absolute atomic E-state index is 0.0394. The Morgan fingerprint density at radius 1 is 1.17 bits per heavy atom. The highest BCUT2D eigenvalue weighted by atomic mass is 16.2. The number of fused-ring (bicyclic) bond motifs is 1. The number of hydrogen-bond donors (Lipinski definition) is 2. The zero-order chi connectivity index (χ0) is 25.5. The van der Waals surface area contributed by atoms with Gasteiger partial charge in [-0.3, -0.25) is 29.0 Å². The van der Waals surface area contributed by atoms with E-state index in [2.05, 4.69) is 15.4 Å². The van der Waals surface area contributed by atoms with Gasteiger partial charge in [-0.05, 0) is 43.7 Å². The lowest BCUT2D eigenvalue weighted by atomic mass is 9.99. The van der Waals surface area contributed by atoms with Crippen molar-refractivity contribution in [3.63, 3.8) is 0 Å². The van der Waals surface area contributed by atoms with Crippen LogP contribution in [-0.2, 0) is 19.2 Å². The summed E-state index contributed by atoms with van der Waals surface area (Å²) in [6, 6.07) is 5.46. The molecule has 2 N–H and O–H groups in total. The molecule has 186 valence electrons. The molecular weight excluding hydrogens is 452 g/mol. The number of nitrogens with zero attached hydrogens (tertiary/aromatic N) is 4. The van der Waals surface area contributed by atoms with Crippen LogP contribution in [0.4, 0.5) is 0 Å². The summed E-state index contributed by atoms with van der Waals surface area (Å²) in [5.41, 5.74) is 9.12. The minimum Gasteiger partial charge on any atom is -0.361 e. The highest BCUT2D eigenvalue weighted by Crippen LogP contribution is 2.25. The molecule has 3 atom stereocenters. The summed E-state index contributed by atoms with van der Waals surface area (Å²) in [6.45, 7) is 4.03. The van der Waals surface area contributed by atoms with Gasteiger partial charge in [-0.2, -0.15) is 4.79 Å². The Morgan fingerprint density at radius 3 is 2.54 bits per heavy atom. The van der Waals surface area contributed by atoms with E-state index in [9.17, 15) is 24.0 Å². The lowest BCUT2D eigenvalue weighted by Crippen LogP contribution is -2.64. The summed E-state index contributed by atoms with van der Waals surface area (Å²) >= 11 is 0. The Balaban J connectivity index is 1.83. The lowest BCUT2D eigenvalue weighted by molar-refractivity contribution is -0.176. The van der Waals surface area contributed by atoms with Crippen LogP contribution in [0.2, 0.25) is 0 Å². The van der Waals surface area contributed by atoms with Crippen LogP contribution >= 0.6 is 0 Å². The number of rotatable bonds is 8. The first-order valence-corrected chi connectivity index (χ1v) is 11.7. The Hall–Kier alpha value is -3.85. The molecule has 2 saturated heterocycles. The molecule has 3 rings (SSSR count). The molecule has 35 heavy (non-hydrogen) atoms. The predicted molar refractivity (Wildman–Crippen MR) is 125 cm³/mol. The molecule has 2 heterocycles. The van der Waals surface area contributed by atoms with Crippen LogP contribution in [0.3, 0.4) is 0 Å². The standard InChI is InChI=1S/C24H30N6O5/c1-15(2)13-18(20(31)14-26-25)28-23(34)19-9-6-12-29-21(32)11-10-17(24(35)30(19)29)27-22(33)16-7-4-3-5-8-16/h3-5,7-8,14-15,17-19H,6,9-13H2,1-2H3,(H,27,33)(H,28,34)/t17-,18?,19-/m0/s1. The molecule has 4 amide bonds. The molecule has 0 bridgehead atoms. The maximum atomic E-state index is 13.5. The summed E-state index contributed by atoms with van der Waals surface area (Å²) in [6.07, 6.45) is 1.97. The molecule has 0 radical (unpaired) electrons. The first-order valence-electron chi connectivity index (χ1n) is 11.7. The van der Waals surface area contributed by atoms with Crippen molar-refractivity contribution in [2.75, 3.05) is 6.54 Å². The van der Waals surface area contributed by atoms with Crippen molar-refractivity contribution in [3.8, 4) is 0 Å². The zero-order valence-electron chi connectivity index (χ0n) is 19.8. The fourth-order valence-corrected chi connectivity index (χ4v) is 4.37. The summed E-state index contributed by atoms with van der Waals surface area (Å²) in [7, 11) is 0. The third-order valence-corrected chi connectivity index (χ3v) is 6.06. The lowest BCUT2D eigenvalue weighted by Gasteiger charge is -2.43. The van der Waals surface area contributed by atoms with Gasteiger partial charge in [0.1, 0.15) is 12.1 Å². The normalized spacial score (nSPS) is 20.9. The van der Waals surface area contributed by atoms with Gasteiger partial charge >= 0.3 is 6.21 Å². The number of hydrogen-bond acceptors (Lipinski definition) is 5. The van der Waals surface area contributed by atoms with Crippen molar-refractivity contribution in [1.82, 2.24) is 20.7 Å². The van der Waals surface area contributed by atoms with E-state index in [-0.39, 0.29) is 37.6 Å². The molecule has 1 unspecified atom stereocenters. The highest BCUT2D eigenvalue weighted by Gasteiger charge is 2.45. The molecule has 0 aromatic heterocycles. The third kappa shape index (κ3) is 6.19. The van der Waals surface area contributed by atoms with Crippen LogP contribution in [0, 0.1) is 5.92 Å². The van der Waals surface area contributed by atoms with Crippen LogP contribution in [0.1, 0.15) is 56.3 Å². The second-order valence-corrected chi connectivity index (χ2v) is 9.13. The van der Waals surface area contributed by atoms with E-state index in [4.69, 9.17) is 5.53 Å². The van der Waals surface area contributed by atoms with Gasteiger partial charge in [-0.15, -0.1) is 0 Å². The van der Waals surface area contributed by atoms with Crippen LogP contribution < -0.4 is 10.6 Å². The molecule has 11 nitrogen and oxygen atoms in total. The third-order valence-electron chi connectivity index (χ3n) is 6.06. The molecule has 0 saturated carbocycles. The minimum atomic E-state index is -1.03. The summed E-state index contributed by atoms with van der Waals surface area (Å²) in [5, 5.41) is 7.78. The van der Waals surface area contributed by atoms with Crippen LogP contribution in [0.15, 0.2) is 30.3 Å². The van der Waals surface area contributed by atoms with Crippen molar-refractivity contribution >= 4 is 35.6 Å². The predicted octanol–water partition coefficient (Wildman–Crippen LogP) is 0.714. The van der Waals surface area contributed by atoms with E-state index in [0.717, 1.165) is 11.2 Å². The van der Waals surface area contributed by atoms with Crippen molar-refractivity contribution in [2.24, 2.45) is 5.92 Å². The summed E-state index contributed by atoms with van der Waals surface area (Å²) in [4.78, 5) is 67.4. The quantitative estimate of drug-likeness (QED) is 0.318. The Labute approximate surface area is 203 Å². The van der Waals surface area contributed by atoms with Crippen molar-refractivity contribution in [3.05, 3.63) is 41.4 Å². The number of carbonyl (C=O) groups is 5. The van der Waals surface area contributed by atoms with Crippen molar-refractivity contribution < 1.29 is 28.8 Å². The van der Waals surface area contributed by atoms with Crippen LogP contribution in [0.5, 0.6) is 0 Å². The molecule has 1 aromatic carbocycles. The molecule has 0 spiro atoms. The van der Waals surface area contributed by atoms with E-state index >= 15 is 0 Å². The Kier molecular flexibility index (Phi) is 8.48. The molecule has 1 aromatic rings. The number of ketones is 1. The molecule has 2 aliphatic rings. The highest BCUT2D eigenvalue weighted by molar-refractivity contribution is 6.28. The molecule has 0 aliphatic carbocycles. The van der Waals surface area contributed by atoms with Gasteiger partial charge in [0.05, 0.1) is 6.04 Å². The van der Waals surface area contributed by atoms with Gasteiger partial charge in [0.25, 0.3) is 17.6 Å². The number of carbonyl (C=O) groups excluding carboxylic acids is 5. The van der Waals surface area contributed by atoms with Gasteiger partial charge in [0.15, 0.2) is 0 Å². The van der Waals surface area contributed by atoms with E-state index in [1.165, 1.54) is 5.01 Å². The van der Waals surface area contributed by atoms with Gasteiger partial charge in [-0.25, -0.2) is 5.01 Å². The first-order chi connectivity index (χ1) is 16.7. The first kappa shape index (κ1) is 25.8. The Bertz CT molecular complexity index is 1040. The van der Waals surface area contributed by atoms with Gasteiger partial charge in [0, 0.05) is 18.5 Å². The number of Topliss-reactive ketones (excluding diaryl/α,β-unsaturated/α-hetero) is 1. The van der Waals surface area contributed by atoms with E-state index in [1.807, 2.05) is 13.8 Å². The van der Waals surface area contributed by atoms with Gasteiger partial charge in [-0.1, -0.05) is 32.0 Å². The smallest absolute Gasteiger partial charge is 0.325 e. The van der Waals surface area contributed by atoms with Crippen molar-refractivity contribution in [2.45, 2.75) is 64.1 Å². The Morgan fingerprint density at radius 2 is 1.89 bits per heavy atom. The average molecular weight is 483 g/mol. The van der Waals surface area contributed by atoms with Gasteiger partial charge in [0.2, 0.25) is 11.8 Å². The van der Waals surface area contributed by atoms with Crippen molar-refractivity contribution in [1.29, 1.82) is 0 Å². The molecule has 2 fully saturated rings. The largest absolute Gasteiger partial charge is 0.361 e. The van der Waals surface area contributed by atoms with E-state index in [0.29, 0.717) is 18.4 Å². The van der Waals surface area contributed by atoms with Crippen LogP contribution in [-0.4, -0.2) is 75.1 Å².